The Hall–Kier alpha value is -4.27. The molecule has 8 nitrogen and oxygen atoms in total. The van der Waals surface area contributed by atoms with Crippen LogP contribution in [0.4, 0.5) is 0 Å². The Morgan fingerprint density at radius 2 is 1.04 bits per heavy atom. The van der Waals surface area contributed by atoms with Crippen molar-refractivity contribution in [1.82, 2.24) is 0 Å². The Morgan fingerprint density at radius 3 is 1.56 bits per heavy atom. The van der Waals surface area contributed by atoms with Gasteiger partial charge in [0, 0.05) is 19.3 Å². The number of hydrogen-bond acceptors (Lipinski definition) is 6. The fraction of sp³-hybridized carbons (Fsp3) is 0.500. The number of quaternary nitrogens is 1. The van der Waals surface area contributed by atoms with Crippen LogP contribution in [0.5, 0.6) is 0 Å². The van der Waals surface area contributed by atoms with Crippen LogP contribution in [0.3, 0.4) is 0 Å². The molecule has 1 N–H and O–H groups in total. The van der Waals surface area contributed by atoms with Gasteiger partial charge >= 0.3 is 17.9 Å². The topological polar surface area (TPSA) is 99.1 Å². The molecule has 0 saturated carbocycles. The molecule has 2 atom stereocenters. The van der Waals surface area contributed by atoms with Crippen molar-refractivity contribution in [2.45, 2.75) is 109 Å². The highest BCUT2D eigenvalue weighted by Gasteiger charge is 2.31. The summed E-state index contributed by atoms with van der Waals surface area (Å²) in [5.74, 6) is -1.67. The fourth-order valence-corrected chi connectivity index (χ4v) is 4.74. The van der Waals surface area contributed by atoms with Gasteiger partial charge in [-0.3, -0.25) is 9.59 Å². The van der Waals surface area contributed by atoms with Crippen LogP contribution in [-0.2, 0) is 28.6 Å². The van der Waals surface area contributed by atoms with Crippen molar-refractivity contribution < 1.29 is 38.2 Å². The maximum Gasteiger partial charge on any atom is 0.362 e. The predicted octanol–water partition coefficient (Wildman–Crippen LogP) is 10.3. The maximum absolute atomic E-state index is 12.6. The number of carboxylic acid groups (broad SMARTS) is 1. The van der Waals surface area contributed by atoms with E-state index >= 15 is 0 Å². The first-order valence-corrected chi connectivity index (χ1v) is 19.6. The van der Waals surface area contributed by atoms with Gasteiger partial charge in [-0.05, 0) is 64.2 Å². The number of carbonyl (C=O) groups excluding carboxylic acids is 2. The van der Waals surface area contributed by atoms with Crippen molar-refractivity contribution in [3.05, 3.63) is 122 Å². The molecule has 0 aromatic rings. The minimum absolute atomic E-state index is 0.00479. The van der Waals surface area contributed by atoms with E-state index in [-0.39, 0.29) is 43.1 Å². The van der Waals surface area contributed by atoms with Crippen molar-refractivity contribution in [1.29, 1.82) is 0 Å². The summed E-state index contributed by atoms with van der Waals surface area (Å²) in [6.45, 7) is 4.29. The molecule has 0 amide bonds. The van der Waals surface area contributed by atoms with Gasteiger partial charge in [-0.1, -0.05) is 135 Å². The van der Waals surface area contributed by atoms with Gasteiger partial charge in [0.15, 0.2) is 12.1 Å². The summed E-state index contributed by atoms with van der Waals surface area (Å²) >= 11 is 0. The normalized spacial score (nSPS) is 14.3. The number of unbranched alkanes of at least 4 members (excludes halogenated alkanes) is 2. The van der Waals surface area contributed by atoms with Crippen molar-refractivity contribution in [3.63, 3.8) is 0 Å². The number of hydrogen-bond donors (Lipinski definition) is 1. The number of allylic oxidation sites excluding steroid dienone is 20. The van der Waals surface area contributed by atoms with E-state index in [2.05, 4.69) is 80.7 Å². The van der Waals surface area contributed by atoms with Crippen molar-refractivity contribution >= 4 is 17.9 Å². The molecule has 0 aliphatic heterocycles. The Kier molecular flexibility index (Phi) is 32.9. The molecule has 300 valence electrons. The largest absolute Gasteiger partial charge is 0.477 e. The Balaban J connectivity index is 4.64. The third-order valence-electron chi connectivity index (χ3n) is 7.73. The van der Waals surface area contributed by atoms with Crippen LogP contribution in [0.25, 0.3) is 0 Å². The summed E-state index contributed by atoms with van der Waals surface area (Å²) in [5, 5.41) is 9.59. The summed E-state index contributed by atoms with van der Waals surface area (Å²) in [6.07, 6.45) is 49.8. The van der Waals surface area contributed by atoms with Gasteiger partial charge in [-0.2, -0.15) is 0 Å². The lowest BCUT2D eigenvalue weighted by molar-refractivity contribution is -0.887. The average molecular weight is 749 g/mol. The monoisotopic (exact) mass is 749 g/mol. The second-order valence-corrected chi connectivity index (χ2v) is 13.5. The molecule has 0 saturated heterocycles. The van der Waals surface area contributed by atoms with E-state index in [1.807, 2.05) is 75.8 Å². The number of carbonyl (C=O) groups is 3. The zero-order valence-electron chi connectivity index (χ0n) is 33.9. The number of ether oxygens (including phenoxy) is 3. The predicted molar refractivity (Wildman–Crippen MR) is 224 cm³/mol. The van der Waals surface area contributed by atoms with Crippen LogP contribution in [0, 0.1) is 0 Å². The van der Waals surface area contributed by atoms with E-state index in [4.69, 9.17) is 14.2 Å². The second kappa shape index (κ2) is 35.7. The molecule has 0 heterocycles. The highest BCUT2D eigenvalue weighted by Crippen LogP contribution is 2.10. The SMILES string of the molecule is CC/C=C/C=C/C=C/C=C/C=C/CCCC(=O)OC(COCCC(C(=O)O)[N+](C)(C)C)COC(=O)CCC/C=C/C/C=C/C/C=C/C/C=C/C/C=C/CC. The third-order valence-corrected chi connectivity index (χ3v) is 7.73. The smallest absolute Gasteiger partial charge is 0.362 e. The van der Waals surface area contributed by atoms with E-state index in [9.17, 15) is 19.5 Å². The lowest BCUT2D eigenvalue weighted by Crippen LogP contribution is -2.50. The van der Waals surface area contributed by atoms with Crippen LogP contribution in [0.1, 0.15) is 97.3 Å². The Bertz CT molecular complexity index is 1290. The summed E-state index contributed by atoms with van der Waals surface area (Å²) in [6, 6.07) is -0.643. The quantitative estimate of drug-likeness (QED) is 0.0240. The van der Waals surface area contributed by atoms with Crippen LogP contribution < -0.4 is 0 Å². The van der Waals surface area contributed by atoms with E-state index in [0.29, 0.717) is 25.7 Å². The first-order valence-electron chi connectivity index (χ1n) is 19.6. The molecular formula is C46H70NO7+. The molecule has 0 aromatic heterocycles. The minimum atomic E-state index is -0.902. The summed E-state index contributed by atoms with van der Waals surface area (Å²) in [4.78, 5) is 36.8. The first kappa shape index (κ1) is 49.7. The Morgan fingerprint density at radius 1 is 0.574 bits per heavy atom. The zero-order chi connectivity index (χ0) is 40.0. The van der Waals surface area contributed by atoms with Crippen molar-refractivity contribution in [3.8, 4) is 0 Å². The molecule has 0 aliphatic rings. The summed E-state index contributed by atoms with van der Waals surface area (Å²) in [7, 11) is 5.46. The number of rotatable bonds is 32. The van der Waals surface area contributed by atoms with E-state index in [1.165, 1.54) is 0 Å². The fourth-order valence-electron chi connectivity index (χ4n) is 4.74. The van der Waals surface area contributed by atoms with E-state index in [1.54, 1.807) is 0 Å². The van der Waals surface area contributed by atoms with Crippen molar-refractivity contribution in [2.24, 2.45) is 0 Å². The van der Waals surface area contributed by atoms with Crippen LogP contribution >= 0.6 is 0 Å². The molecule has 0 aromatic carbocycles. The number of aliphatic carboxylic acids is 1. The molecule has 0 bridgehead atoms. The highest BCUT2D eigenvalue weighted by molar-refractivity contribution is 5.72. The highest BCUT2D eigenvalue weighted by atomic mass is 16.6. The van der Waals surface area contributed by atoms with Crippen LogP contribution in [0.15, 0.2) is 122 Å². The molecular weight excluding hydrogens is 679 g/mol. The lowest BCUT2D eigenvalue weighted by Gasteiger charge is -2.31. The van der Waals surface area contributed by atoms with Crippen molar-refractivity contribution in [2.75, 3.05) is 41.0 Å². The summed E-state index contributed by atoms with van der Waals surface area (Å²) < 4.78 is 17.1. The van der Waals surface area contributed by atoms with Gasteiger partial charge in [-0.25, -0.2) is 4.79 Å². The van der Waals surface area contributed by atoms with Gasteiger partial charge in [0.25, 0.3) is 0 Å². The standard InChI is InChI=1S/C46H69NO7/c1-6-8-10-12-14-16-18-20-21-22-23-25-26-28-30-32-34-36-44(48)53-41-42(40-52-39-38-43(46(50)51)47(3,4)5)54-45(49)37-35-33-31-29-27-24-19-17-15-13-11-9-7-2/h8-11,13-17,19-21,23-25,27-31,42-43H,6-7,12,18,22,26,32-41H2,1-5H3/p+1/b10-8+,11-9+,15-13+,16-14+,19-17+,21-20+,25-23+,27-24+,30-28+,31-29+. The molecule has 0 rings (SSSR count). The molecule has 8 heteroatoms. The second-order valence-electron chi connectivity index (χ2n) is 13.5. The molecule has 0 radical (unpaired) electrons. The number of nitrogens with zero attached hydrogens (tertiary/aromatic N) is 1. The van der Waals surface area contributed by atoms with Crippen LogP contribution in [0.2, 0.25) is 0 Å². The summed E-state index contributed by atoms with van der Waals surface area (Å²) in [5.41, 5.74) is 0. The Labute approximate surface area is 327 Å². The van der Waals surface area contributed by atoms with E-state index < -0.39 is 24.1 Å². The average Bonchev–Trinajstić information content (AvgIpc) is 3.12. The molecule has 0 aliphatic carbocycles. The molecule has 54 heavy (non-hydrogen) atoms. The molecule has 2 unspecified atom stereocenters. The zero-order valence-corrected chi connectivity index (χ0v) is 33.9. The van der Waals surface area contributed by atoms with Crippen LogP contribution in [-0.4, -0.2) is 80.6 Å². The maximum atomic E-state index is 12.6. The molecule has 0 fully saturated rings. The van der Waals surface area contributed by atoms with Gasteiger partial charge in [0.1, 0.15) is 6.61 Å². The van der Waals surface area contributed by atoms with Gasteiger partial charge in [0.2, 0.25) is 0 Å². The third kappa shape index (κ3) is 33.6. The first-order chi connectivity index (χ1) is 26.1. The lowest BCUT2D eigenvalue weighted by atomic mass is 10.1. The number of carboxylic acids is 1. The molecule has 0 spiro atoms. The minimum Gasteiger partial charge on any atom is -0.477 e. The van der Waals surface area contributed by atoms with E-state index in [0.717, 1.165) is 44.9 Å². The van der Waals surface area contributed by atoms with Gasteiger partial charge < -0.3 is 23.8 Å². The number of likely N-dealkylation sites (N-methyl/N-ethyl adjacent to an activating group) is 1. The van der Waals surface area contributed by atoms with Gasteiger partial charge in [0.05, 0.1) is 34.4 Å². The van der Waals surface area contributed by atoms with Gasteiger partial charge in [-0.15, -0.1) is 0 Å². The number of esters is 2.